The summed E-state index contributed by atoms with van der Waals surface area (Å²) in [6, 6.07) is 0. The molecular weight excluding hydrogens is 236 g/mol. The molecule has 0 N–H and O–H groups in total. The fourth-order valence-corrected chi connectivity index (χ4v) is 3.24. The van der Waals surface area contributed by atoms with Gasteiger partial charge in [-0.2, -0.15) is 0 Å². The number of ether oxygens (including phenoxy) is 1. The maximum atomic E-state index is 12.3. The molecule has 0 aromatic rings. The van der Waals surface area contributed by atoms with Gasteiger partial charge in [0.25, 0.3) is 0 Å². The third-order valence-corrected chi connectivity index (χ3v) is 4.62. The van der Waals surface area contributed by atoms with Gasteiger partial charge in [0, 0.05) is 0 Å². The van der Waals surface area contributed by atoms with Gasteiger partial charge in [-0.15, -0.1) is 0 Å². The Kier molecular flexibility index (Phi) is 6.88. The fourth-order valence-electron chi connectivity index (χ4n) is 3.24. The molecule has 0 radical (unpaired) electrons. The van der Waals surface area contributed by atoms with Crippen LogP contribution in [0, 0.1) is 17.3 Å². The molecule has 1 unspecified atom stereocenters. The normalized spacial score (nSPS) is 20.3. The van der Waals surface area contributed by atoms with E-state index < -0.39 is 0 Å². The van der Waals surface area contributed by atoms with Crippen LogP contribution in [0.3, 0.4) is 0 Å². The monoisotopic (exact) mass is 268 g/mol. The van der Waals surface area contributed by atoms with Crippen molar-refractivity contribution in [2.75, 3.05) is 6.61 Å². The van der Waals surface area contributed by atoms with Gasteiger partial charge in [0.1, 0.15) is 0 Å². The summed E-state index contributed by atoms with van der Waals surface area (Å²) < 4.78 is 5.56. The lowest BCUT2D eigenvalue weighted by molar-refractivity contribution is -0.156. The minimum absolute atomic E-state index is 0.0134. The number of hydrogen-bond acceptors (Lipinski definition) is 2. The van der Waals surface area contributed by atoms with Crippen LogP contribution in [0.4, 0.5) is 0 Å². The van der Waals surface area contributed by atoms with Crippen LogP contribution in [0.5, 0.6) is 0 Å². The molecule has 0 heterocycles. The highest BCUT2D eigenvalue weighted by Gasteiger charge is 2.33. The lowest BCUT2D eigenvalue weighted by Crippen LogP contribution is -2.31. The summed E-state index contributed by atoms with van der Waals surface area (Å²) in [6.45, 7) is 9.10. The number of esters is 1. The second-order valence-corrected chi connectivity index (χ2v) is 6.94. The summed E-state index contributed by atoms with van der Waals surface area (Å²) in [5, 5.41) is 0. The molecule has 0 aromatic heterocycles. The second-order valence-electron chi connectivity index (χ2n) is 6.94. The Labute approximate surface area is 119 Å². The van der Waals surface area contributed by atoms with E-state index in [2.05, 4.69) is 27.7 Å². The molecular formula is C17H32O2. The third-order valence-electron chi connectivity index (χ3n) is 4.62. The summed E-state index contributed by atoms with van der Waals surface area (Å²) in [5.74, 6) is 1.34. The molecule has 1 saturated carbocycles. The Morgan fingerprint density at radius 2 is 1.89 bits per heavy atom. The van der Waals surface area contributed by atoms with E-state index in [0.717, 1.165) is 25.2 Å². The summed E-state index contributed by atoms with van der Waals surface area (Å²) >= 11 is 0. The molecule has 19 heavy (non-hydrogen) atoms. The van der Waals surface area contributed by atoms with Gasteiger partial charge < -0.3 is 4.74 Å². The van der Waals surface area contributed by atoms with E-state index in [4.69, 9.17) is 4.74 Å². The Morgan fingerprint density at radius 3 is 2.42 bits per heavy atom. The average Bonchev–Trinajstić information content (AvgIpc) is 2.39. The van der Waals surface area contributed by atoms with Gasteiger partial charge in [-0.1, -0.05) is 52.9 Å². The van der Waals surface area contributed by atoms with Gasteiger partial charge in [-0.25, -0.2) is 0 Å². The number of carbonyl (C=O) groups is 1. The quantitative estimate of drug-likeness (QED) is 0.610. The smallest absolute Gasteiger partial charge is 0.311 e. The largest absolute Gasteiger partial charge is 0.465 e. The molecule has 0 amide bonds. The molecule has 0 bridgehead atoms. The van der Waals surface area contributed by atoms with Crippen molar-refractivity contribution < 1.29 is 9.53 Å². The molecule has 1 rings (SSSR count). The Hall–Kier alpha value is -0.530. The first kappa shape index (κ1) is 16.5. The zero-order valence-corrected chi connectivity index (χ0v) is 13.3. The zero-order valence-electron chi connectivity index (χ0n) is 13.3. The van der Waals surface area contributed by atoms with Crippen molar-refractivity contribution in [1.29, 1.82) is 0 Å². The highest BCUT2D eigenvalue weighted by atomic mass is 16.5. The first-order valence-electron chi connectivity index (χ1n) is 8.15. The molecule has 2 heteroatoms. The van der Waals surface area contributed by atoms with Crippen LogP contribution in [0.15, 0.2) is 0 Å². The predicted molar refractivity (Wildman–Crippen MR) is 80.0 cm³/mol. The van der Waals surface area contributed by atoms with E-state index in [0.29, 0.717) is 12.5 Å². The summed E-state index contributed by atoms with van der Waals surface area (Å²) in [7, 11) is 0. The maximum Gasteiger partial charge on any atom is 0.311 e. The number of hydrogen-bond donors (Lipinski definition) is 0. The summed E-state index contributed by atoms with van der Waals surface area (Å²) in [6.07, 6.45) is 9.62. The predicted octanol–water partition coefficient (Wildman–Crippen LogP) is 4.96. The Balaban J connectivity index is 2.31. The minimum Gasteiger partial charge on any atom is -0.465 e. The van der Waals surface area contributed by atoms with Gasteiger partial charge in [-0.05, 0) is 38.0 Å². The first-order valence-corrected chi connectivity index (χ1v) is 8.15. The SMILES string of the molecule is CCC(C)(CC(C)C)C(=O)OCCC1CCCCC1. The van der Waals surface area contributed by atoms with Crippen molar-refractivity contribution in [3.63, 3.8) is 0 Å². The topological polar surface area (TPSA) is 26.3 Å². The Bertz CT molecular complexity index is 266. The highest BCUT2D eigenvalue weighted by Crippen LogP contribution is 2.32. The third kappa shape index (κ3) is 5.54. The summed E-state index contributed by atoms with van der Waals surface area (Å²) in [4.78, 5) is 12.3. The number of carbonyl (C=O) groups excluding carboxylic acids is 1. The zero-order chi connectivity index (χ0) is 14.3. The van der Waals surface area contributed by atoms with Gasteiger partial charge in [0.05, 0.1) is 12.0 Å². The van der Waals surface area contributed by atoms with E-state index in [9.17, 15) is 4.79 Å². The van der Waals surface area contributed by atoms with Crippen LogP contribution >= 0.6 is 0 Å². The van der Waals surface area contributed by atoms with E-state index >= 15 is 0 Å². The van der Waals surface area contributed by atoms with Gasteiger partial charge in [0.2, 0.25) is 0 Å². The summed E-state index contributed by atoms with van der Waals surface area (Å²) in [5.41, 5.74) is -0.291. The van der Waals surface area contributed by atoms with Gasteiger partial charge >= 0.3 is 5.97 Å². The van der Waals surface area contributed by atoms with Crippen LogP contribution in [0.25, 0.3) is 0 Å². The average molecular weight is 268 g/mol. The lowest BCUT2D eigenvalue weighted by Gasteiger charge is -2.28. The minimum atomic E-state index is -0.291. The van der Waals surface area contributed by atoms with Crippen molar-refractivity contribution >= 4 is 5.97 Å². The molecule has 1 aliphatic rings. The molecule has 1 fully saturated rings. The Morgan fingerprint density at radius 1 is 1.26 bits per heavy atom. The highest BCUT2D eigenvalue weighted by molar-refractivity contribution is 5.76. The molecule has 0 saturated heterocycles. The second kappa shape index (κ2) is 7.91. The van der Waals surface area contributed by atoms with Crippen molar-refractivity contribution in [3.05, 3.63) is 0 Å². The van der Waals surface area contributed by atoms with Crippen molar-refractivity contribution in [1.82, 2.24) is 0 Å². The molecule has 1 aliphatic carbocycles. The maximum absolute atomic E-state index is 12.3. The first-order chi connectivity index (χ1) is 8.98. The lowest BCUT2D eigenvalue weighted by atomic mass is 9.80. The van der Waals surface area contributed by atoms with Gasteiger partial charge in [0.15, 0.2) is 0 Å². The van der Waals surface area contributed by atoms with Crippen LogP contribution in [0.2, 0.25) is 0 Å². The van der Waals surface area contributed by atoms with Crippen molar-refractivity contribution in [2.24, 2.45) is 17.3 Å². The molecule has 2 nitrogen and oxygen atoms in total. The van der Waals surface area contributed by atoms with Crippen LogP contribution in [-0.2, 0) is 9.53 Å². The standard InChI is InChI=1S/C17H32O2/c1-5-17(4,13-14(2)3)16(18)19-12-11-15-9-7-6-8-10-15/h14-15H,5-13H2,1-4H3. The van der Waals surface area contributed by atoms with E-state index in [-0.39, 0.29) is 11.4 Å². The fraction of sp³-hybridized carbons (Fsp3) is 0.941. The van der Waals surface area contributed by atoms with Crippen LogP contribution < -0.4 is 0 Å². The van der Waals surface area contributed by atoms with E-state index in [1.54, 1.807) is 0 Å². The van der Waals surface area contributed by atoms with Crippen molar-refractivity contribution in [2.45, 2.75) is 79.1 Å². The molecule has 0 spiro atoms. The number of rotatable bonds is 7. The van der Waals surface area contributed by atoms with Gasteiger partial charge in [-0.3, -0.25) is 4.79 Å². The molecule has 112 valence electrons. The van der Waals surface area contributed by atoms with Crippen LogP contribution in [0.1, 0.15) is 79.1 Å². The van der Waals surface area contributed by atoms with E-state index in [1.807, 2.05) is 0 Å². The van der Waals surface area contributed by atoms with E-state index in [1.165, 1.54) is 32.1 Å². The van der Waals surface area contributed by atoms with Crippen molar-refractivity contribution in [3.8, 4) is 0 Å². The molecule has 0 aliphatic heterocycles. The van der Waals surface area contributed by atoms with Crippen LogP contribution in [-0.4, -0.2) is 12.6 Å². The molecule has 1 atom stereocenters. The molecule has 0 aromatic carbocycles.